The van der Waals surface area contributed by atoms with E-state index in [4.69, 9.17) is 4.74 Å². The zero-order valence-corrected chi connectivity index (χ0v) is 15.2. The molecule has 0 saturated heterocycles. The lowest BCUT2D eigenvalue weighted by Gasteiger charge is -2.41. The number of carboxylic acids is 1. The predicted molar refractivity (Wildman–Crippen MR) is 93.7 cm³/mol. The van der Waals surface area contributed by atoms with Crippen molar-refractivity contribution < 1.29 is 24.2 Å². The molecule has 0 spiro atoms. The number of allylic oxidation sites excluding steroid dienone is 2. The lowest BCUT2D eigenvalue weighted by Crippen LogP contribution is -2.47. The molecule has 1 saturated carbocycles. The second-order valence-corrected chi connectivity index (χ2v) is 7.87. The minimum atomic E-state index is -0.939. The monoisotopic (exact) mass is 363 g/mol. The first-order valence-electron chi connectivity index (χ1n) is 8.25. The average molecular weight is 363 g/mol. The number of aliphatic carboxylic acids is 1. The number of carbonyl (C=O) groups is 3. The molecule has 0 aromatic carbocycles. The van der Waals surface area contributed by atoms with Gasteiger partial charge in [-0.05, 0) is 44.1 Å². The van der Waals surface area contributed by atoms with Crippen LogP contribution in [-0.4, -0.2) is 30.1 Å². The van der Waals surface area contributed by atoms with Gasteiger partial charge in [0.1, 0.15) is 5.00 Å². The first-order chi connectivity index (χ1) is 11.8. The van der Waals surface area contributed by atoms with Crippen LogP contribution in [-0.2, 0) is 14.3 Å². The van der Waals surface area contributed by atoms with Gasteiger partial charge in [-0.3, -0.25) is 9.59 Å². The average Bonchev–Trinajstić information content (AvgIpc) is 2.88. The number of esters is 1. The number of methoxy groups -OCH3 is 1. The summed E-state index contributed by atoms with van der Waals surface area (Å²) in [5.41, 5.74) is 1.12. The van der Waals surface area contributed by atoms with Crippen molar-refractivity contribution in [2.75, 3.05) is 12.4 Å². The highest BCUT2D eigenvalue weighted by atomic mass is 32.1. The summed E-state index contributed by atoms with van der Waals surface area (Å²) in [5, 5.41) is 12.8. The van der Waals surface area contributed by atoms with E-state index in [1.165, 1.54) is 18.4 Å². The summed E-state index contributed by atoms with van der Waals surface area (Å²) >= 11 is 1.31. The van der Waals surface area contributed by atoms with Crippen molar-refractivity contribution in [3.63, 3.8) is 0 Å². The summed E-state index contributed by atoms with van der Waals surface area (Å²) in [6.45, 7) is 3.67. The number of thiophene rings is 1. The van der Waals surface area contributed by atoms with E-state index >= 15 is 0 Å². The number of hydrogen-bond acceptors (Lipinski definition) is 5. The summed E-state index contributed by atoms with van der Waals surface area (Å²) in [5.74, 6) is -3.29. The predicted octanol–water partition coefficient (Wildman–Crippen LogP) is 3.00. The van der Waals surface area contributed by atoms with Crippen LogP contribution < -0.4 is 5.32 Å². The van der Waals surface area contributed by atoms with Crippen molar-refractivity contribution >= 4 is 34.2 Å². The summed E-state index contributed by atoms with van der Waals surface area (Å²) in [4.78, 5) is 37.6. The molecule has 3 aliphatic rings. The van der Waals surface area contributed by atoms with Gasteiger partial charge >= 0.3 is 11.9 Å². The standard InChI is InChI=1S/C18H21NO5S/c1-8-9(2)25-16(12(8)18(23)24-3)19-15(20)13-10-4-6-11(7-5-10)14(13)17(21)22/h4,6,10-11,13-14H,5,7H2,1-3H3,(H,19,20)(H,21,22)/t10-,11+,13?,14?/m0/s1. The number of carboxylic acid groups (broad SMARTS) is 1. The van der Waals surface area contributed by atoms with E-state index in [1.807, 2.05) is 19.1 Å². The minimum absolute atomic E-state index is 0.0742. The first kappa shape index (κ1) is 17.7. The molecular weight excluding hydrogens is 342 g/mol. The number of carbonyl (C=O) groups excluding carboxylic acids is 2. The fraction of sp³-hybridized carbons (Fsp3) is 0.500. The van der Waals surface area contributed by atoms with Gasteiger partial charge in [0.2, 0.25) is 5.91 Å². The van der Waals surface area contributed by atoms with Crippen molar-refractivity contribution in [1.29, 1.82) is 0 Å². The van der Waals surface area contributed by atoms with Gasteiger partial charge in [0, 0.05) is 4.88 Å². The van der Waals surface area contributed by atoms with Crippen LogP contribution in [0.2, 0.25) is 0 Å². The van der Waals surface area contributed by atoms with Gasteiger partial charge < -0.3 is 15.2 Å². The van der Waals surface area contributed by atoms with E-state index in [1.54, 1.807) is 6.92 Å². The Kier molecular flexibility index (Phi) is 4.69. The number of nitrogens with one attached hydrogen (secondary N) is 1. The Hall–Kier alpha value is -2.15. The highest BCUT2D eigenvalue weighted by Crippen LogP contribution is 2.46. The molecule has 2 bridgehead atoms. The lowest BCUT2D eigenvalue weighted by molar-refractivity contribution is -0.151. The van der Waals surface area contributed by atoms with E-state index in [0.29, 0.717) is 10.6 Å². The molecule has 1 aromatic rings. The molecular formula is C18H21NO5S. The molecule has 0 radical (unpaired) electrons. The van der Waals surface area contributed by atoms with Gasteiger partial charge in [-0.15, -0.1) is 11.3 Å². The van der Waals surface area contributed by atoms with Crippen LogP contribution in [0, 0.1) is 37.5 Å². The Morgan fingerprint density at radius 1 is 1.16 bits per heavy atom. The third-order valence-electron chi connectivity index (χ3n) is 5.35. The quantitative estimate of drug-likeness (QED) is 0.634. The molecule has 6 nitrogen and oxygen atoms in total. The largest absolute Gasteiger partial charge is 0.481 e. The number of anilines is 1. The molecule has 1 amide bonds. The Labute approximate surface area is 149 Å². The Bertz CT molecular complexity index is 766. The Morgan fingerprint density at radius 3 is 2.28 bits per heavy atom. The second kappa shape index (κ2) is 6.63. The summed E-state index contributed by atoms with van der Waals surface area (Å²) in [6, 6.07) is 0. The van der Waals surface area contributed by atoms with E-state index in [0.717, 1.165) is 23.3 Å². The second-order valence-electron chi connectivity index (χ2n) is 6.65. The van der Waals surface area contributed by atoms with E-state index in [2.05, 4.69) is 5.32 Å². The zero-order valence-electron chi connectivity index (χ0n) is 14.4. The number of amides is 1. The number of aryl methyl sites for hydroxylation is 1. The van der Waals surface area contributed by atoms with E-state index in [9.17, 15) is 19.5 Å². The third-order valence-corrected chi connectivity index (χ3v) is 6.47. The van der Waals surface area contributed by atoms with Gasteiger partial charge in [-0.25, -0.2) is 4.79 Å². The number of ether oxygens (including phenoxy) is 1. The van der Waals surface area contributed by atoms with Gasteiger partial charge in [-0.2, -0.15) is 0 Å². The minimum Gasteiger partial charge on any atom is -0.481 e. The molecule has 4 rings (SSSR count). The zero-order chi connectivity index (χ0) is 18.3. The van der Waals surface area contributed by atoms with Crippen LogP contribution >= 0.6 is 11.3 Å². The summed E-state index contributed by atoms with van der Waals surface area (Å²) < 4.78 is 4.82. The van der Waals surface area contributed by atoms with Gasteiger partial charge in [-0.1, -0.05) is 12.2 Å². The third kappa shape index (κ3) is 2.97. The van der Waals surface area contributed by atoms with Crippen molar-refractivity contribution in [2.24, 2.45) is 23.7 Å². The summed E-state index contributed by atoms with van der Waals surface area (Å²) in [6.07, 6.45) is 5.50. The Balaban J connectivity index is 1.90. The SMILES string of the molecule is COC(=O)c1c(NC(=O)C2C(C(=O)O)[C@@H]3C=C[C@H]2CC3)sc(C)c1C. The first-order valence-corrected chi connectivity index (χ1v) is 9.07. The van der Waals surface area contributed by atoms with Gasteiger partial charge in [0.05, 0.1) is 24.5 Å². The molecule has 7 heteroatoms. The number of fused-ring (bicyclic) bond motifs is 2. The van der Waals surface area contributed by atoms with Crippen molar-refractivity contribution in [3.8, 4) is 0 Å². The summed E-state index contributed by atoms with van der Waals surface area (Å²) in [7, 11) is 1.30. The molecule has 2 unspecified atom stereocenters. The molecule has 1 heterocycles. The molecule has 134 valence electrons. The lowest BCUT2D eigenvalue weighted by atomic mass is 9.62. The smallest absolute Gasteiger partial charge is 0.341 e. The van der Waals surface area contributed by atoms with Crippen molar-refractivity contribution in [1.82, 2.24) is 0 Å². The topological polar surface area (TPSA) is 92.7 Å². The molecule has 2 N–H and O–H groups in total. The van der Waals surface area contributed by atoms with Crippen LogP contribution in [0.3, 0.4) is 0 Å². The normalized spacial score (nSPS) is 27.2. The maximum absolute atomic E-state index is 12.9. The fourth-order valence-corrected chi connectivity index (χ4v) is 5.00. The highest BCUT2D eigenvalue weighted by molar-refractivity contribution is 7.16. The molecule has 3 aliphatic carbocycles. The van der Waals surface area contributed by atoms with Crippen molar-refractivity contribution in [3.05, 3.63) is 28.2 Å². The van der Waals surface area contributed by atoms with Gasteiger partial charge in [0.15, 0.2) is 0 Å². The van der Waals surface area contributed by atoms with Gasteiger partial charge in [0.25, 0.3) is 0 Å². The van der Waals surface area contributed by atoms with Crippen LogP contribution in [0.1, 0.15) is 33.6 Å². The van der Waals surface area contributed by atoms with Crippen molar-refractivity contribution in [2.45, 2.75) is 26.7 Å². The molecule has 1 fully saturated rings. The highest BCUT2D eigenvalue weighted by Gasteiger charge is 2.48. The molecule has 4 atom stereocenters. The van der Waals surface area contributed by atoms with Crippen LogP contribution in [0.15, 0.2) is 12.2 Å². The number of rotatable bonds is 4. The van der Waals surface area contributed by atoms with E-state index in [-0.39, 0.29) is 17.7 Å². The number of hydrogen-bond donors (Lipinski definition) is 2. The maximum Gasteiger partial charge on any atom is 0.341 e. The molecule has 25 heavy (non-hydrogen) atoms. The Morgan fingerprint density at radius 2 is 1.76 bits per heavy atom. The van der Waals surface area contributed by atoms with Crippen LogP contribution in [0.5, 0.6) is 0 Å². The fourth-order valence-electron chi connectivity index (χ4n) is 3.95. The van der Waals surface area contributed by atoms with Crippen LogP contribution in [0.4, 0.5) is 5.00 Å². The van der Waals surface area contributed by atoms with E-state index < -0.39 is 23.8 Å². The molecule has 0 aliphatic heterocycles. The molecule has 1 aromatic heterocycles. The maximum atomic E-state index is 12.9. The van der Waals surface area contributed by atoms with Crippen LogP contribution in [0.25, 0.3) is 0 Å².